The van der Waals surface area contributed by atoms with Crippen LogP contribution in [-0.2, 0) is 0 Å². The van der Waals surface area contributed by atoms with E-state index in [0.717, 1.165) is 44.4 Å². The third-order valence-corrected chi connectivity index (χ3v) is 3.33. The largest absolute Gasteiger partial charge is 0.357 e. The van der Waals surface area contributed by atoms with E-state index in [1.165, 1.54) is 25.7 Å². The number of hydrogen-bond acceptors (Lipinski definition) is 1. The third kappa shape index (κ3) is 9.30. The van der Waals surface area contributed by atoms with Crippen molar-refractivity contribution in [1.29, 1.82) is 0 Å². The molecule has 0 unspecified atom stereocenters. The lowest BCUT2D eigenvalue weighted by molar-refractivity contribution is 0.469. The van der Waals surface area contributed by atoms with Gasteiger partial charge in [0.1, 0.15) is 0 Å². The number of guanidine groups is 1. The van der Waals surface area contributed by atoms with Gasteiger partial charge in [-0.05, 0) is 38.5 Å². The second kappa shape index (κ2) is 11.6. The Bertz CT molecular complexity index is 262. The van der Waals surface area contributed by atoms with Crippen LogP contribution in [0.15, 0.2) is 17.6 Å². The number of rotatable bonds is 9. The third-order valence-electron chi connectivity index (χ3n) is 3.33. The molecule has 0 bridgehead atoms. The summed E-state index contributed by atoms with van der Waals surface area (Å²) in [5.74, 6) is 2.07. The van der Waals surface area contributed by atoms with E-state index in [9.17, 15) is 0 Å². The number of nitrogens with one attached hydrogen (secondary N) is 1. The summed E-state index contributed by atoms with van der Waals surface area (Å²) in [5.41, 5.74) is 0. The number of hydrogen-bond donors (Lipinski definition) is 1. The summed E-state index contributed by atoms with van der Waals surface area (Å²) in [6, 6.07) is 0. The van der Waals surface area contributed by atoms with E-state index in [1.54, 1.807) is 0 Å². The van der Waals surface area contributed by atoms with E-state index in [-0.39, 0.29) is 24.0 Å². The van der Waals surface area contributed by atoms with Gasteiger partial charge in [0, 0.05) is 26.7 Å². The van der Waals surface area contributed by atoms with Crippen molar-refractivity contribution in [3.8, 4) is 0 Å². The van der Waals surface area contributed by atoms with Crippen molar-refractivity contribution in [3.05, 3.63) is 12.7 Å². The van der Waals surface area contributed by atoms with E-state index in [1.807, 2.05) is 6.08 Å². The molecule has 0 spiro atoms. The van der Waals surface area contributed by atoms with Gasteiger partial charge in [-0.25, -0.2) is 0 Å². The van der Waals surface area contributed by atoms with Gasteiger partial charge in [0.05, 0.1) is 0 Å². The lowest BCUT2D eigenvalue weighted by atomic mass is 10.2. The molecule has 0 heterocycles. The highest BCUT2D eigenvalue weighted by Crippen LogP contribution is 2.33. The number of nitrogens with zero attached hydrogens (tertiary/aromatic N) is 2. The fourth-order valence-corrected chi connectivity index (χ4v) is 2.02. The molecule has 1 rings (SSSR count). The normalized spacial score (nSPS) is 14.7. The fourth-order valence-electron chi connectivity index (χ4n) is 2.02. The minimum atomic E-state index is 0. The first-order chi connectivity index (χ1) is 8.77. The summed E-state index contributed by atoms with van der Waals surface area (Å²) in [6.45, 7) is 8.82. The molecule has 1 aliphatic carbocycles. The first kappa shape index (κ1) is 18.7. The first-order valence-electron chi connectivity index (χ1n) is 7.38. The lowest BCUT2D eigenvalue weighted by Crippen LogP contribution is -2.39. The van der Waals surface area contributed by atoms with E-state index in [0.29, 0.717) is 0 Å². The molecule has 0 aliphatic heterocycles. The first-order valence-corrected chi connectivity index (χ1v) is 7.38. The molecule has 1 saturated carbocycles. The standard InChI is InChI=1S/C15H29N3.HI/c1-4-6-7-13-18(3)15(16-5-2)17-12-8-9-14-10-11-14;/h4,14H,1,5-13H2,2-3H3,(H,16,17);1H. The molecule has 0 amide bonds. The monoisotopic (exact) mass is 379 g/mol. The molecule has 4 heteroatoms. The van der Waals surface area contributed by atoms with E-state index >= 15 is 0 Å². The van der Waals surface area contributed by atoms with Crippen molar-refractivity contribution >= 4 is 29.9 Å². The average molecular weight is 379 g/mol. The van der Waals surface area contributed by atoms with E-state index in [2.05, 4.69) is 30.8 Å². The van der Waals surface area contributed by atoms with Crippen molar-refractivity contribution in [2.75, 3.05) is 26.7 Å². The van der Waals surface area contributed by atoms with Gasteiger partial charge >= 0.3 is 0 Å². The summed E-state index contributed by atoms with van der Waals surface area (Å²) in [6.07, 6.45) is 9.70. The van der Waals surface area contributed by atoms with Gasteiger partial charge in [-0.1, -0.05) is 18.9 Å². The molecule has 0 radical (unpaired) electrons. The van der Waals surface area contributed by atoms with E-state index in [4.69, 9.17) is 4.99 Å². The summed E-state index contributed by atoms with van der Waals surface area (Å²) in [5, 5.41) is 3.36. The van der Waals surface area contributed by atoms with Crippen LogP contribution in [0.5, 0.6) is 0 Å². The number of unbranched alkanes of at least 4 members (excludes halogenated alkanes) is 1. The second-order valence-corrected chi connectivity index (χ2v) is 5.17. The van der Waals surface area contributed by atoms with Crippen molar-refractivity contribution < 1.29 is 0 Å². The average Bonchev–Trinajstić information content (AvgIpc) is 3.17. The molecule has 19 heavy (non-hydrogen) atoms. The van der Waals surface area contributed by atoms with Crippen LogP contribution < -0.4 is 5.32 Å². The maximum Gasteiger partial charge on any atom is 0.193 e. The maximum atomic E-state index is 4.70. The summed E-state index contributed by atoms with van der Waals surface area (Å²) >= 11 is 0. The minimum Gasteiger partial charge on any atom is -0.357 e. The van der Waals surface area contributed by atoms with Gasteiger partial charge in [0.15, 0.2) is 5.96 Å². The van der Waals surface area contributed by atoms with Crippen LogP contribution in [0.2, 0.25) is 0 Å². The molecule has 1 N–H and O–H groups in total. The van der Waals surface area contributed by atoms with Crippen LogP contribution >= 0.6 is 24.0 Å². The molecule has 0 saturated heterocycles. The number of halogens is 1. The van der Waals surface area contributed by atoms with Gasteiger partial charge in [0.2, 0.25) is 0 Å². The highest BCUT2D eigenvalue weighted by molar-refractivity contribution is 14.0. The quantitative estimate of drug-likeness (QED) is 0.218. The number of allylic oxidation sites excluding steroid dienone is 1. The lowest BCUT2D eigenvalue weighted by Gasteiger charge is -2.21. The van der Waals surface area contributed by atoms with Gasteiger partial charge in [-0.15, -0.1) is 30.6 Å². The molecule has 1 aliphatic rings. The zero-order valence-electron chi connectivity index (χ0n) is 12.5. The SMILES string of the molecule is C=CCCCN(C)C(=NCCCC1CC1)NCC.I. The Morgan fingerprint density at radius 2 is 2.16 bits per heavy atom. The highest BCUT2D eigenvalue weighted by Gasteiger charge is 2.19. The molecule has 1 fully saturated rings. The van der Waals surface area contributed by atoms with Gasteiger partial charge in [-0.2, -0.15) is 0 Å². The van der Waals surface area contributed by atoms with E-state index < -0.39 is 0 Å². The Morgan fingerprint density at radius 3 is 2.74 bits per heavy atom. The molecule has 0 aromatic carbocycles. The Morgan fingerprint density at radius 1 is 1.42 bits per heavy atom. The Hall–Kier alpha value is -0.260. The Labute approximate surface area is 136 Å². The van der Waals surface area contributed by atoms with Crippen LogP contribution in [0.25, 0.3) is 0 Å². The Balaban J connectivity index is 0.00000324. The van der Waals surface area contributed by atoms with Crippen molar-refractivity contribution in [1.82, 2.24) is 10.2 Å². The zero-order chi connectivity index (χ0) is 13.2. The maximum absolute atomic E-state index is 4.70. The van der Waals surface area contributed by atoms with Gasteiger partial charge in [-0.3, -0.25) is 4.99 Å². The second-order valence-electron chi connectivity index (χ2n) is 5.17. The van der Waals surface area contributed by atoms with Crippen molar-refractivity contribution in [3.63, 3.8) is 0 Å². The van der Waals surface area contributed by atoms with Gasteiger partial charge in [0.25, 0.3) is 0 Å². The van der Waals surface area contributed by atoms with Gasteiger partial charge < -0.3 is 10.2 Å². The zero-order valence-corrected chi connectivity index (χ0v) is 14.9. The predicted octanol–water partition coefficient (Wildman–Crippen LogP) is 3.66. The van der Waals surface area contributed by atoms with Crippen LogP contribution in [0.4, 0.5) is 0 Å². The summed E-state index contributed by atoms with van der Waals surface area (Å²) < 4.78 is 0. The van der Waals surface area contributed by atoms with Crippen LogP contribution in [0.1, 0.15) is 45.4 Å². The van der Waals surface area contributed by atoms with Crippen LogP contribution in [0.3, 0.4) is 0 Å². The predicted molar refractivity (Wildman–Crippen MR) is 95.4 cm³/mol. The van der Waals surface area contributed by atoms with Crippen LogP contribution in [-0.4, -0.2) is 37.5 Å². The smallest absolute Gasteiger partial charge is 0.193 e. The minimum absolute atomic E-state index is 0. The van der Waals surface area contributed by atoms with Crippen LogP contribution in [0, 0.1) is 5.92 Å². The van der Waals surface area contributed by atoms with Crippen molar-refractivity contribution in [2.24, 2.45) is 10.9 Å². The molecule has 0 aromatic heterocycles. The fraction of sp³-hybridized carbons (Fsp3) is 0.800. The molecular weight excluding hydrogens is 349 g/mol. The Kier molecular flexibility index (Phi) is 11.4. The molecule has 112 valence electrons. The summed E-state index contributed by atoms with van der Waals surface area (Å²) in [7, 11) is 2.12. The number of aliphatic imine (C=N–C) groups is 1. The topological polar surface area (TPSA) is 27.6 Å². The summed E-state index contributed by atoms with van der Waals surface area (Å²) in [4.78, 5) is 6.92. The molecule has 0 atom stereocenters. The molecule has 0 aromatic rings. The highest BCUT2D eigenvalue weighted by atomic mass is 127. The van der Waals surface area contributed by atoms with Crippen molar-refractivity contribution in [2.45, 2.75) is 45.4 Å². The molecular formula is C15H30IN3. The molecule has 3 nitrogen and oxygen atoms in total.